The van der Waals surface area contributed by atoms with Crippen LogP contribution in [0, 0.1) is 0 Å². The van der Waals surface area contributed by atoms with Crippen molar-refractivity contribution in [1.82, 2.24) is 19.9 Å². The first-order valence-electron chi connectivity index (χ1n) is 9.76. The molecule has 1 aromatic carbocycles. The van der Waals surface area contributed by atoms with Gasteiger partial charge in [0.2, 0.25) is 5.91 Å². The van der Waals surface area contributed by atoms with Crippen molar-refractivity contribution in [3.8, 4) is 11.5 Å². The van der Waals surface area contributed by atoms with Crippen LogP contribution >= 0.6 is 0 Å². The maximum absolute atomic E-state index is 12.1. The van der Waals surface area contributed by atoms with E-state index >= 15 is 0 Å². The number of carbonyl (C=O) groups excluding carboxylic acids is 1. The van der Waals surface area contributed by atoms with Gasteiger partial charge in [0.25, 0.3) is 0 Å². The number of ether oxygens (including phenoxy) is 2. The van der Waals surface area contributed by atoms with Gasteiger partial charge in [-0.3, -0.25) is 9.20 Å². The van der Waals surface area contributed by atoms with Crippen LogP contribution in [-0.2, 0) is 11.2 Å². The number of nitrogens with zero attached hydrogens (tertiary/aromatic N) is 3. The summed E-state index contributed by atoms with van der Waals surface area (Å²) in [5.41, 5.74) is 1.66. The molecule has 0 aliphatic rings. The number of hydrogen-bond donors (Lipinski definition) is 1. The molecule has 7 heteroatoms. The first-order valence-corrected chi connectivity index (χ1v) is 9.76. The molecule has 0 atom stereocenters. The Morgan fingerprint density at radius 1 is 1.21 bits per heavy atom. The van der Waals surface area contributed by atoms with Crippen LogP contribution in [0.25, 0.3) is 11.7 Å². The largest absolute Gasteiger partial charge is 0.493 e. The van der Waals surface area contributed by atoms with Gasteiger partial charge in [-0.05, 0) is 42.3 Å². The Balaban J connectivity index is 1.52. The van der Waals surface area contributed by atoms with Crippen LogP contribution in [0.4, 0.5) is 0 Å². The minimum absolute atomic E-state index is 0.166. The van der Waals surface area contributed by atoms with E-state index in [1.54, 1.807) is 13.2 Å². The molecular formula is C22H26N4O3. The molecule has 1 N–H and O–H groups in total. The Kier molecular flexibility index (Phi) is 7.22. The lowest BCUT2D eigenvalue weighted by Crippen LogP contribution is -2.24. The van der Waals surface area contributed by atoms with Crippen molar-refractivity contribution in [3.63, 3.8) is 0 Å². The number of hydrogen-bond acceptors (Lipinski definition) is 5. The van der Waals surface area contributed by atoms with Gasteiger partial charge < -0.3 is 14.8 Å². The smallest absolute Gasteiger partial charge is 0.244 e. The lowest BCUT2D eigenvalue weighted by Gasteiger charge is -2.10. The van der Waals surface area contributed by atoms with Crippen molar-refractivity contribution in [1.29, 1.82) is 0 Å². The molecule has 0 saturated carbocycles. The average Bonchev–Trinajstić information content (AvgIpc) is 3.16. The third kappa shape index (κ3) is 5.57. The van der Waals surface area contributed by atoms with E-state index in [9.17, 15) is 4.79 Å². The molecule has 0 fully saturated rings. The standard InChI is InChI=1S/C22H26N4O3/c1-3-4-15-29-18-10-8-17(16-19(18)28-2)9-11-22(27)23-13-12-21-25-24-20-7-5-6-14-26(20)21/h5-11,14,16H,3-4,12-13,15H2,1-2H3,(H,23,27)/b11-9+. The summed E-state index contributed by atoms with van der Waals surface area (Å²) < 4.78 is 13.0. The van der Waals surface area contributed by atoms with Gasteiger partial charge in [0.15, 0.2) is 17.1 Å². The second-order valence-corrected chi connectivity index (χ2v) is 6.53. The predicted molar refractivity (Wildman–Crippen MR) is 112 cm³/mol. The van der Waals surface area contributed by atoms with Crippen LogP contribution in [0.1, 0.15) is 31.2 Å². The quantitative estimate of drug-likeness (QED) is 0.422. The molecule has 0 unspecified atom stereocenters. The molecular weight excluding hydrogens is 368 g/mol. The van der Waals surface area contributed by atoms with Gasteiger partial charge in [0, 0.05) is 25.2 Å². The van der Waals surface area contributed by atoms with Gasteiger partial charge >= 0.3 is 0 Å². The predicted octanol–water partition coefficient (Wildman–Crippen LogP) is 3.29. The highest BCUT2D eigenvalue weighted by Gasteiger charge is 2.06. The number of benzene rings is 1. The summed E-state index contributed by atoms with van der Waals surface area (Å²) in [6, 6.07) is 11.4. The molecule has 0 radical (unpaired) electrons. The Bertz CT molecular complexity index is 981. The fraction of sp³-hybridized carbons (Fsp3) is 0.318. The maximum atomic E-state index is 12.1. The van der Waals surface area contributed by atoms with Crippen LogP contribution in [0.3, 0.4) is 0 Å². The van der Waals surface area contributed by atoms with E-state index in [2.05, 4.69) is 22.4 Å². The van der Waals surface area contributed by atoms with E-state index in [-0.39, 0.29) is 5.91 Å². The molecule has 152 valence electrons. The van der Waals surface area contributed by atoms with Crippen molar-refractivity contribution < 1.29 is 14.3 Å². The third-order valence-electron chi connectivity index (χ3n) is 4.40. The number of amides is 1. The lowest BCUT2D eigenvalue weighted by atomic mass is 10.2. The molecule has 2 heterocycles. The molecule has 0 spiro atoms. The van der Waals surface area contributed by atoms with Gasteiger partial charge in [0.05, 0.1) is 13.7 Å². The summed E-state index contributed by atoms with van der Waals surface area (Å²) in [5.74, 6) is 2.01. The van der Waals surface area contributed by atoms with Gasteiger partial charge in [-0.15, -0.1) is 10.2 Å². The van der Waals surface area contributed by atoms with Crippen molar-refractivity contribution in [3.05, 3.63) is 60.1 Å². The van der Waals surface area contributed by atoms with Crippen LogP contribution in [-0.4, -0.2) is 40.8 Å². The molecule has 0 bridgehead atoms. The zero-order chi connectivity index (χ0) is 20.5. The topological polar surface area (TPSA) is 77.8 Å². The monoisotopic (exact) mass is 394 g/mol. The van der Waals surface area contributed by atoms with E-state index < -0.39 is 0 Å². The van der Waals surface area contributed by atoms with E-state index in [0.29, 0.717) is 31.1 Å². The number of methoxy groups -OCH3 is 1. The second kappa shape index (κ2) is 10.3. The zero-order valence-corrected chi connectivity index (χ0v) is 16.8. The normalized spacial score (nSPS) is 11.1. The van der Waals surface area contributed by atoms with Crippen molar-refractivity contribution in [2.45, 2.75) is 26.2 Å². The van der Waals surface area contributed by atoms with Gasteiger partial charge in [0.1, 0.15) is 5.82 Å². The number of pyridine rings is 1. The Labute approximate surface area is 170 Å². The highest BCUT2D eigenvalue weighted by Crippen LogP contribution is 2.28. The number of carbonyl (C=O) groups is 1. The van der Waals surface area contributed by atoms with Crippen molar-refractivity contribution in [2.24, 2.45) is 0 Å². The Morgan fingerprint density at radius 3 is 2.93 bits per heavy atom. The van der Waals surface area contributed by atoms with Gasteiger partial charge in [-0.2, -0.15) is 0 Å². The Hall–Kier alpha value is -3.35. The summed E-state index contributed by atoms with van der Waals surface area (Å²) in [6.07, 6.45) is 7.84. The summed E-state index contributed by atoms with van der Waals surface area (Å²) in [7, 11) is 1.61. The SMILES string of the molecule is CCCCOc1ccc(/C=C/C(=O)NCCc2nnc3ccccn23)cc1OC. The molecule has 0 aliphatic heterocycles. The van der Waals surface area contributed by atoms with Crippen molar-refractivity contribution in [2.75, 3.05) is 20.3 Å². The third-order valence-corrected chi connectivity index (χ3v) is 4.40. The highest BCUT2D eigenvalue weighted by molar-refractivity contribution is 5.91. The lowest BCUT2D eigenvalue weighted by molar-refractivity contribution is -0.116. The van der Waals surface area contributed by atoms with E-state index in [0.717, 1.165) is 29.9 Å². The molecule has 3 rings (SSSR count). The molecule has 0 aliphatic carbocycles. The summed E-state index contributed by atoms with van der Waals surface area (Å²) in [4.78, 5) is 12.1. The summed E-state index contributed by atoms with van der Waals surface area (Å²) in [6.45, 7) is 3.26. The van der Waals surface area contributed by atoms with Gasteiger partial charge in [-0.1, -0.05) is 25.5 Å². The Morgan fingerprint density at radius 2 is 2.10 bits per heavy atom. The summed E-state index contributed by atoms with van der Waals surface area (Å²) in [5, 5.41) is 11.1. The van der Waals surface area contributed by atoms with Crippen LogP contribution in [0.15, 0.2) is 48.7 Å². The molecule has 7 nitrogen and oxygen atoms in total. The van der Waals surface area contributed by atoms with E-state index in [1.807, 2.05) is 47.0 Å². The number of aromatic nitrogens is 3. The van der Waals surface area contributed by atoms with Crippen LogP contribution in [0.5, 0.6) is 11.5 Å². The number of unbranched alkanes of at least 4 members (excludes halogenated alkanes) is 1. The van der Waals surface area contributed by atoms with Crippen molar-refractivity contribution >= 4 is 17.6 Å². The molecule has 2 aromatic heterocycles. The highest BCUT2D eigenvalue weighted by atomic mass is 16.5. The zero-order valence-electron chi connectivity index (χ0n) is 16.8. The number of nitrogens with one attached hydrogen (secondary N) is 1. The van der Waals surface area contributed by atoms with Gasteiger partial charge in [-0.25, -0.2) is 0 Å². The number of fused-ring (bicyclic) bond motifs is 1. The molecule has 29 heavy (non-hydrogen) atoms. The fourth-order valence-corrected chi connectivity index (χ4v) is 2.82. The number of rotatable bonds is 10. The molecule has 1 amide bonds. The minimum atomic E-state index is -0.166. The average molecular weight is 394 g/mol. The minimum Gasteiger partial charge on any atom is -0.493 e. The molecule has 3 aromatic rings. The maximum Gasteiger partial charge on any atom is 0.244 e. The summed E-state index contributed by atoms with van der Waals surface area (Å²) >= 11 is 0. The van der Waals surface area contributed by atoms with Crippen LogP contribution in [0.2, 0.25) is 0 Å². The molecule has 0 saturated heterocycles. The van der Waals surface area contributed by atoms with E-state index in [4.69, 9.17) is 9.47 Å². The second-order valence-electron chi connectivity index (χ2n) is 6.53. The van der Waals surface area contributed by atoms with E-state index in [1.165, 1.54) is 6.08 Å². The van der Waals surface area contributed by atoms with Crippen LogP contribution < -0.4 is 14.8 Å². The first kappa shape index (κ1) is 20.4. The fourth-order valence-electron chi connectivity index (χ4n) is 2.82. The first-order chi connectivity index (χ1) is 14.2.